The first-order valence-electron chi connectivity index (χ1n) is 7.12. The molecular formula is C17H18Cl2N2OS. The van der Waals surface area contributed by atoms with E-state index in [0.29, 0.717) is 10.0 Å². The summed E-state index contributed by atoms with van der Waals surface area (Å²) in [5.41, 5.74) is 1.73. The van der Waals surface area contributed by atoms with Gasteiger partial charge < -0.3 is 10.6 Å². The molecule has 2 aromatic carbocycles. The fourth-order valence-corrected chi connectivity index (χ4v) is 3.28. The SMILES string of the molecule is CSc1ccccc1NC(=O)CN[C@H](C)c1ccc(Cl)cc1Cl. The van der Waals surface area contributed by atoms with Crippen molar-refractivity contribution >= 4 is 46.6 Å². The van der Waals surface area contributed by atoms with Crippen LogP contribution >= 0.6 is 35.0 Å². The molecule has 2 rings (SSSR count). The molecule has 0 saturated heterocycles. The molecular weight excluding hydrogens is 351 g/mol. The summed E-state index contributed by atoms with van der Waals surface area (Å²) in [6, 6.07) is 13.0. The van der Waals surface area contributed by atoms with Crippen molar-refractivity contribution in [2.75, 3.05) is 18.1 Å². The maximum absolute atomic E-state index is 12.1. The minimum Gasteiger partial charge on any atom is -0.324 e. The highest BCUT2D eigenvalue weighted by Crippen LogP contribution is 2.26. The number of carbonyl (C=O) groups is 1. The summed E-state index contributed by atoms with van der Waals surface area (Å²) in [5, 5.41) is 7.27. The molecule has 0 aliphatic carbocycles. The van der Waals surface area contributed by atoms with Crippen molar-refractivity contribution in [1.29, 1.82) is 0 Å². The first kappa shape index (κ1) is 18.1. The van der Waals surface area contributed by atoms with Crippen LogP contribution in [-0.2, 0) is 4.79 Å². The normalized spacial score (nSPS) is 12.0. The van der Waals surface area contributed by atoms with Crippen LogP contribution in [-0.4, -0.2) is 18.7 Å². The molecule has 0 heterocycles. The molecule has 0 fully saturated rings. The Morgan fingerprint density at radius 1 is 1.22 bits per heavy atom. The summed E-state index contributed by atoms with van der Waals surface area (Å²) in [6.07, 6.45) is 1.98. The Morgan fingerprint density at radius 3 is 2.65 bits per heavy atom. The summed E-state index contributed by atoms with van der Waals surface area (Å²) in [5.74, 6) is -0.0940. The Balaban J connectivity index is 1.93. The molecule has 1 amide bonds. The Labute approximate surface area is 150 Å². The number of benzene rings is 2. The molecule has 122 valence electrons. The number of amides is 1. The maximum Gasteiger partial charge on any atom is 0.238 e. The van der Waals surface area contributed by atoms with Gasteiger partial charge in [-0.25, -0.2) is 0 Å². The van der Waals surface area contributed by atoms with Crippen molar-refractivity contribution in [3.8, 4) is 0 Å². The third-order valence-electron chi connectivity index (χ3n) is 3.38. The van der Waals surface area contributed by atoms with E-state index in [9.17, 15) is 4.79 Å². The highest BCUT2D eigenvalue weighted by atomic mass is 35.5. The number of nitrogens with one attached hydrogen (secondary N) is 2. The molecule has 0 aliphatic heterocycles. The smallest absolute Gasteiger partial charge is 0.238 e. The average molecular weight is 369 g/mol. The van der Waals surface area contributed by atoms with Crippen LogP contribution in [0.15, 0.2) is 47.4 Å². The largest absolute Gasteiger partial charge is 0.324 e. The number of hydrogen-bond donors (Lipinski definition) is 2. The molecule has 0 bridgehead atoms. The number of halogens is 2. The lowest BCUT2D eigenvalue weighted by Crippen LogP contribution is -2.30. The zero-order valence-corrected chi connectivity index (χ0v) is 15.2. The van der Waals surface area contributed by atoms with E-state index >= 15 is 0 Å². The van der Waals surface area contributed by atoms with Crippen LogP contribution in [0.2, 0.25) is 10.0 Å². The van der Waals surface area contributed by atoms with Gasteiger partial charge in [0.15, 0.2) is 0 Å². The van der Waals surface area contributed by atoms with Gasteiger partial charge in [-0.3, -0.25) is 4.79 Å². The van der Waals surface area contributed by atoms with E-state index in [1.165, 1.54) is 0 Å². The molecule has 0 aromatic heterocycles. The number of rotatable bonds is 6. The predicted octanol–water partition coefficient (Wildman–Crippen LogP) is 5.00. The summed E-state index contributed by atoms with van der Waals surface area (Å²) in [7, 11) is 0. The second-order valence-corrected chi connectivity index (χ2v) is 6.71. The monoisotopic (exact) mass is 368 g/mol. The van der Waals surface area contributed by atoms with Gasteiger partial charge in [-0.2, -0.15) is 0 Å². The predicted molar refractivity (Wildman–Crippen MR) is 99.7 cm³/mol. The van der Waals surface area contributed by atoms with Gasteiger partial charge in [-0.1, -0.05) is 41.4 Å². The molecule has 2 aromatic rings. The van der Waals surface area contributed by atoms with Gasteiger partial charge in [0.05, 0.1) is 12.2 Å². The zero-order valence-electron chi connectivity index (χ0n) is 12.9. The summed E-state index contributed by atoms with van der Waals surface area (Å²) < 4.78 is 0. The lowest BCUT2D eigenvalue weighted by atomic mass is 10.1. The third kappa shape index (κ3) is 5.15. The number of anilines is 1. The molecule has 0 aliphatic rings. The van der Waals surface area contributed by atoms with E-state index in [-0.39, 0.29) is 18.5 Å². The summed E-state index contributed by atoms with van der Waals surface area (Å²) in [6.45, 7) is 2.15. The number of carbonyl (C=O) groups excluding carboxylic acids is 1. The molecule has 0 spiro atoms. The van der Waals surface area contributed by atoms with Crippen molar-refractivity contribution in [2.24, 2.45) is 0 Å². The van der Waals surface area contributed by atoms with Gasteiger partial charge in [0.1, 0.15) is 0 Å². The molecule has 0 saturated carbocycles. The fraction of sp³-hybridized carbons (Fsp3) is 0.235. The van der Waals surface area contributed by atoms with E-state index < -0.39 is 0 Å². The maximum atomic E-state index is 12.1. The summed E-state index contributed by atoms with van der Waals surface area (Å²) in [4.78, 5) is 13.2. The molecule has 3 nitrogen and oxygen atoms in total. The quantitative estimate of drug-likeness (QED) is 0.704. The Bertz CT molecular complexity index is 694. The zero-order chi connectivity index (χ0) is 16.8. The lowest BCUT2D eigenvalue weighted by molar-refractivity contribution is -0.115. The molecule has 0 unspecified atom stereocenters. The van der Waals surface area contributed by atoms with Crippen LogP contribution in [0.25, 0.3) is 0 Å². The average Bonchev–Trinajstić information content (AvgIpc) is 2.53. The second-order valence-electron chi connectivity index (χ2n) is 5.02. The van der Waals surface area contributed by atoms with E-state index in [1.807, 2.05) is 43.5 Å². The van der Waals surface area contributed by atoms with Crippen molar-refractivity contribution in [3.05, 3.63) is 58.1 Å². The van der Waals surface area contributed by atoms with Crippen molar-refractivity contribution in [1.82, 2.24) is 5.32 Å². The van der Waals surface area contributed by atoms with E-state index in [1.54, 1.807) is 23.9 Å². The van der Waals surface area contributed by atoms with Crippen molar-refractivity contribution < 1.29 is 4.79 Å². The fourth-order valence-electron chi connectivity index (χ4n) is 2.15. The molecule has 6 heteroatoms. The third-order valence-corrected chi connectivity index (χ3v) is 4.74. The van der Waals surface area contributed by atoms with Crippen LogP contribution in [0.3, 0.4) is 0 Å². The number of thioether (sulfide) groups is 1. The highest BCUT2D eigenvalue weighted by Gasteiger charge is 2.12. The van der Waals surface area contributed by atoms with Gasteiger partial charge in [0.2, 0.25) is 5.91 Å². The first-order chi connectivity index (χ1) is 11.0. The molecule has 2 N–H and O–H groups in total. The minimum atomic E-state index is -0.0940. The molecule has 0 radical (unpaired) electrons. The van der Waals surface area contributed by atoms with Gasteiger partial charge in [0, 0.05) is 21.0 Å². The van der Waals surface area contributed by atoms with E-state index in [2.05, 4.69) is 10.6 Å². The van der Waals surface area contributed by atoms with Gasteiger partial charge >= 0.3 is 0 Å². The Hall–Kier alpha value is -1.20. The van der Waals surface area contributed by atoms with Crippen LogP contribution in [0.1, 0.15) is 18.5 Å². The first-order valence-corrected chi connectivity index (χ1v) is 9.10. The minimum absolute atomic E-state index is 0.0543. The van der Waals surface area contributed by atoms with Gasteiger partial charge in [0.25, 0.3) is 0 Å². The van der Waals surface area contributed by atoms with Crippen LogP contribution in [0, 0.1) is 0 Å². The number of hydrogen-bond acceptors (Lipinski definition) is 3. The number of para-hydroxylation sites is 1. The lowest BCUT2D eigenvalue weighted by Gasteiger charge is -2.16. The Kier molecular flexibility index (Phi) is 6.78. The van der Waals surface area contributed by atoms with Crippen molar-refractivity contribution in [2.45, 2.75) is 17.9 Å². The van der Waals surface area contributed by atoms with Crippen molar-refractivity contribution in [3.63, 3.8) is 0 Å². The Morgan fingerprint density at radius 2 is 1.96 bits per heavy atom. The molecule has 23 heavy (non-hydrogen) atoms. The van der Waals surface area contributed by atoms with E-state index in [0.717, 1.165) is 16.1 Å². The van der Waals surface area contributed by atoms with Crippen LogP contribution in [0.5, 0.6) is 0 Å². The summed E-state index contributed by atoms with van der Waals surface area (Å²) >= 11 is 13.7. The van der Waals surface area contributed by atoms with Gasteiger partial charge in [-0.15, -0.1) is 11.8 Å². The van der Waals surface area contributed by atoms with Crippen LogP contribution in [0.4, 0.5) is 5.69 Å². The highest BCUT2D eigenvalue weighted by molar-refractivity contribution is 7.98. The standard InChI is InChI=1S/C17H18Cl2N2OS/c1-11(13-8-7-12(18)9-14(13)19)20-10-17(22)21-15-5-3-4-6-16(15)23-2/h3-9,11,20H,10H2,1-2H3,(H,21,22)/t11-/m1/s1. The van der Waals surface area contributed by atoms with E-state index in [4.69, 9.17) is 23.2 Å². The van der Waals surface area contributed by atoms with Gasteiger partial charge in [-0.05, 0) is 43.0 Å². The van der Waals surface area contributed by atoms with Crippen LogP contribution < -0.4 is 10.6 Å². The molecule has 1 atom stereocenters. The topological polar surface area (TPSA) is 41.1 Å². The second kappa shape index (κ2) is 8.60.